The maximum atomic E-state index is 12.3. The Hall–Kier alpha value is -3.90. The fourth-order valence-electron chi connectivity index (χ4n) is 4.01. The average molecular weight is 442 g/mol. The highest BCUT2D eigenvalue weighted by Crippen LogP contribution is 2.37. The van der Waals surface area contributed by atoms with Gasteiger partial charge in [0.15, 0.2) is 0 Å². The van der Waals surface area contributed by atoms with Crippen molar-refractivity contribution < 1.29 is 14.7 Å². The zero-order valence-corrected chi connectivity index (χ0v) is 18.9. The number of rotatable bonds is 7. The quantitative estimate of drug-likeness (QED) is 0.311. The molecular weight excluding hydrogens is 414 g/mol. The minimum absolute atomic E-state index is 0.0421. The average Bonchev–Trinajstić information content (AvgIpc) is 3.31. The summed E-state index contributed by atoms with van der Waals surface area (Å²) in [5.41, 5.74) is 6.64. The summed E-state index contributed by atoms with van der Waals surface area (Å²) in [5.74, 6) is 0.286. The molecule has 0 fully saturated rings. The fourth-order valence-corrected chi connectivity index (χ4v) is 4.01. The zero-order valence-electron chi connectivity index (χ0n) is 18.9. The second kappa shape index (κ2) is 9.30. The lowest BCUT2D eigenvalue weighted by Crippen LogP contribution is -2.33. The number of aryl methyl sites for hydroxylation is 1. The van der Waals surface area contributed by atoms with E-state index in [9.17, 15) is 10.0 Å². The van der Waals surface area contributed by atoms with Gasteiger partial charge in [0.2, 0.25) is 5.91 Å². The maximum absolute atomic E-state index is 12.3. The molecule has 33 heavy (non-hydrogen) atoms. The van der Waals surface area contributed by atoms with Crippen LogP contribution in [0.5, 0.6) is 5.75 Å². The molecule has 6 heteroatoms. The van der Waals surface area contributed by atoms with E-state index in [2.05, 4.69) is 31.2 Å². The normalized spacial score (nSPS) is 12.7. The predicted octanol–water partition coefficient (Wildman–Crippen LogP) is 5.06. The van der Waals surface area contributed by atoms with Crippen molar-refractivity contribution in [2.45, 2.75) is 25.7 Å². The molecule has 0 spiro atoms. The summed E-state index contributed by atoms with van der Waals surface area (Å²) >= 11 is 0. The third-order valence-electron chi connectivity index (χ3n) is 5.99. The topological polar surface area (TPSA) is 76.4 Å². The van der Waals surface area contributed by atoms with E-state index < -0.39 is 11.3 Å². The Bertz CT molecular complexity index is 1230. The van der Waals surface area contributed by atoms with Crippen LogP contribution in [-0.4, -0.2) is 28.0 Å². The number of benzene rings is 3. The van der Waals surface area contributed by atoms with Crippen molar-refractivity contribution in [3.8, 4) is 22.7 Å². The van der Waals surface area contributed by atoms with Gasteiger partial charge >= 0.3 is 0 Å². The Kier molecular flexibility index (Phi) is 6.29. The molecule has 1 atom stereocenters. The molecule has 1 aromatic heterocycles. The van der Waals surface area contributed by atoms with Gasteiger partial charge in [-0.1, -0.05) is 60.2 Å². The van der Waals surface area contributed by atoms with Gasteiger partial charge in [0, 0.05) is 17.4 Å². The monoisotopic (exact) mass is 441 g/mol. The molecule has 0 aliphatic carbocycles. The smallest absolute Gasteiger partial charge is 0.244 e. The molecule has 0 aliphatic heterocycles. The van der Waals surface area contributed by atoms with Crippen molar-refractivity contribution in [3.05, 3.63) is 102 Å². The summed E-state index contributed by atoms with van der Waals surface area (Å²) in [7, 11) is 1.64. The molecule has 0 radical (unpaired) electrons. The van der Waals surface area contributed by atoms with Gasteiger partial charge in [0.25, 0.3) is 0 Å². The Morgan fingerprint density at radius 3 is 2.30 bits per heavy atom. The Morgan fingerprint density at radius 1 is 1.03 bits per heavy atom. The van der Waals surface area contributed by atoms with Crippen LogP contribution >= 0.6 is 0 Å². The largest absolute Gasteiger partial charge is 0.497 e. The van der Waals surface area contributed by atoms with Gasteiger partial charge in [-0.05, 0) is 49.7 Å². The van der Waals surface area contributed by atoms with Crippen molar-refractivity contribution >= 4 is 5.91 Å². The van der Waals surface area contributed by atoms with E-state index >= 15 is 0 Å². The van der Waals surface area contributed by atoms with Crippen LogP contribution in [0.25, 0.3) is 16.9 Å². The molecule has 4 rings (SSSR count). The van der Waals surface area contributed by atoms with Gasteiger partial charge in [-0.3, -0.25) is 10.0 Å². The number of hydrogen-bond acceptors (Lipinski definition) is 4. The van der Waals surface area contributed by atoms with Crippen molar-refractivity contribution in [2.24, 2.45) is 0 Å². The summed E-state index contributed by atoms with van der Waals surface area (Å²) in [5, 5.41) is 14.2. The first-order valence-electron chi connectivity index (χ1n) is 10.7. The number of hydroxylamine groups is 1. The van der Waals surface area contributed by atoms with Crippen LogP contribution in [0.3, 0.4) is 0 Å². The number of nitrogens with one attached hydrogen (secondary N) is 1. The molecule has 6 nitrogen and oxygen atoms in total. The van der Waals surface area contributed by atoms with Gasteiger partial charge in [0.1, 0.15) is 5.75 Å². The number of amides is 1. The molecule has 0 bridgehead atoms. The van der Waals surface area contributed by atoms with Crippen LogP contribution in [0.1, 0.15) is 30.2 Å². The van der Waals surface area contributed by atoms with Crippen LogP contribution in [0.4, 0.5) is 0 Å². The summed E-state index contributed by atoms with van der Waals surface area (Å²) in [4.78, 5) is 12.3. The highest BCUT2D eigenvalue weighted by atomic mass is 16.5. The van der Waals surface area contributed by atoms with Crippen molar-refractivity contribution in [1.29, 1.82) is 0 Å². The Balaban J connectivity index is 1.91. The third-order valence-corrected chi connectivity index (χ3v) is 5.99. The maximum Gasteiger partial charge on any atom is 0.244 e. The summed E-state index contributed by atoms with van der Waals surface area (Å²) in [6, 6.07) is 27.7. The second-order valence-electron chi connectivity index (χ2n) is 8.30. The van der Waals surface area contributed by atoms with Crippen LogP contribution in [0.15, 0.2) is 84.9 Å². The number of methoxy groups -OCH3 is 1. The molecule has 1 amide bonds. The van der Waals surface area contributed by atoms with Crippen LogP contribution in [-0.2, 0) is 10.2 Å². The molecule has 1 unspecified atom stereocenters. The van der Waals surface area contributed by atoms with Gasteiger partial charge in [-0.2, -0.15) is 5.10 Å². The highest BCUT2D eigenvalue weighted by Gasteiger charge is 2.35. The first kappa shape index (κ1) is 22.3. The predicted molar refractivity (Wildman–Crippen MR) is 128 cm³/mol. The van der Waals surface area contributed by atoms with Gasteiger partial charge in [-0.15, -0.1) is 0 Å². The van der Waals surface area contributed by atoms with E-state index in [4.69, 9.17) is 9.84 Å². The van der Waals surface area contributed by atoms with Crippen molar-refractivity contribution in [1.82, 2.24) is 15.3 Å². The first-order valence-corrected chi connectivity index (χ1v) is 10.7. The first-order chi connectivity index (χ1) is 15.9. The summed E-state index contributed by atoms with van der Waals surface area (Å²) in [6.45, 7) is 4.02. The molecular formula is C27H27N3O3. The SMILES string of the molecule is COc1ccc(-n2nc(C(C)(CC(=O)NO)c3ccccc3)cc2-c2ccc(C)cc2)cc1. The fraction of sp³-hybridized carbons (Fsp3) is 0.185. The van der Waals surface area contributed by atoms with E-state index in [1.165, 1.54) is 5.56 Å². The van der Waals surface area contributed by atoms with Crippen molar-refractivity contribution in [3.63, 3.8) is 0 Å². The lowest BCUT2D eigenvalue weighted by molar-refractivity contribution is -0.130. The molecule has 0 saturated heterocycles. The van der Waals surface area contributed by atoms with Gasteiger partial charge < -0.3 is 4.74 Å². The molecule has 168 valence electrons. The van der Waals surface area contributed by atoms with Gasteiger partial charge in [0.05, 0.1) is 24.2 Å². The number of hydrogen-bond donors (Lipinski definition) is 2. The van der Waals surface area contributed by atoms with E-state index in [-0.39, 0.29) is 6.42 Å². The number of carbonyl (C=O) groups excluding carboxylic acids is 1. The lowest BCUT2D eigenvalue weighted by atomic mass is 9.76. The second-order valence-corrected chi connectivity index (χ2v) is 8.30. The molecule has 1 heterocycles. The molecule has 0 saturated carbocycles. The lowest BCUT2D eigenvalue weighted by Gasteiger charge is -2.27. The van der Waals surface area contributed by atoms with E-state index in [1.807, 2.05) is 72.3 Å². The van der Waals surface area contributed by atoms with E-state index in [1.54, 1.807) is 12.6 Å². The minimum atomic E-state index is -0.759. The number of ether oxygens (including phenoxy) is 1. The number of carbonyl (C=O) groups is 1. The van der Waals surface area contributed by atoms with E-state index in [0.717, 1.165) is 34.0 Å². The van der Waals surface area contributed by atoms with Crippen molar-refractivity contribution in [2.75, 3.05) is 7.11 Å². The standard InChI is InChI=1S/C27H27N3O3/c1-19-9-11-20(12-10-19)24-17-25(28-30(24)22-13-15-23(33-3)16-14-22)27(2,18-26(31)29-32)21-7-5-4-6-8-21/h4-17,32H,18H2,1-3H3,(H,29,31). The van der Waals surface area contributed by atoms with Crippen LogP contribution in [0, 0.1) is 6.92 Å². The van der Waals surface area contributed by atoms with Crippen LogP contribution < -0.4 is 10.2 Å². The Labute approximate surface area is 193 Å². The molecule has 3 aromatic carbocycles. The van der Waals surface area contributed by atoms with Crippen LogP contribution in [0.2, 0.25) is 0 Å². The zero-order chi connectivity index (χ0) is 23.4. The number of aromatic nitrogens is 2. The van der Waals surface area contributed by atoms with Gasteiger partial charge in [-0.25, -0.2) is 10.2 Å². The Morgan fingerprint density at radius 2 is 1.70 bits per heavy atom. The third kappa shape index (κ3) is 4.52. The molecule has 0 aliphatic rings. The summed E-state index contributed by atoms with van der Waals surface area (Å²) in [6.07, 6.45) is 0.0421. The molecule has 4 aromatic rings. The molecule has 2 N–H and O–H groups in total. The summed E-state index contributed by atoms with van der Waals surface area (Å²) < 4.78 is 7.20. The highest BCUT2D eigenvalue weighted by molar-refractivity contribution is 5.77. The van der Waals surface area contributed by atoms with E-state index in [0.29, 0.717) is 0 Å². The number of nitrogens with zero attached hydrogens (tertiary/aromatic N) is 2. The minimum Gasteiger partial charge on any atom is -0.497 e.